The van der Waals surface area contributed by atoms with Gasteiger partial charge in [-0.25, -0.2) is 0 Å². The third-order valence-corrected chi connectivity index (χ3v) is 1.67. The molecule has 0 bridgehead atoms. The van der Waals surface area contributed by atoms with E-state index in [0.717, 1.165) is 13.0 Å². The Hall–Kier alpha value is -0.570. The van der Waals surface area contributed by atoms with Gasteiger partial charge in [0.2, 0.25) is 5.91 Å². The SMILES string of the molecule is CCCN(CCO)C(=O)C(C)C. The van der Waals surface area contributed by atoms with Crippen LogP contribution in [-0.2, 0) is 4.79 Å². The monoisotopic (exact) mass is 173 g/mol. The molecule has 0 aromatic carbocycles. The van der Waals surface area contributed by atoms with Crippen LogP contribution in [0.2, 0.25) is 0 Å². The summed E-state index contributed by atoms with van der Waals surface area (Å²) in [5.74, 6) is 0.161. The summed E-state index contributed by atoms with van der Waals surface area (Å²) in [4.78, 5) is 13.2. The number of hydrogen-bond acceptors (Lipinski definition) is 2. The Kier molecular flexibility index (Phi) is 5.72. The van der Waals surface area contributed by atoms with E-state index in [-0.39, 0.29) is 18.4 Å². The molecule has 72 valence electrons. The molecule has 0 unspecified atom stereocenters. The zero-order valence-corrected chi connectivity index (χ0v) is 8.21. The van der Waals surface area contributed by atoms with Gasteiger partial charge in [0, 0.05) is 19.0 Å². The van der Waals surface area contributed by atoms with Crippen molar-refractivity contribution in [3.05, 3.63) is 0 Å². The van der Waals surface area contributed by atoms with Crippen LogP contribution in [-0.4, -0.2) is 35.6 Å². The molecule has 0 aliphatic carbocycles. The quantitative estimate of drug-likeness (QED) is 0.670. The molecule has 0 aromatic rings. The van der Waals surface area contributed by atoms with E-state index in [9.17, 15) is 4.79 Å². The lowest BCUT2D eigenvalue weighted by Gasteiger charge is -2.22. The summed E-state index contributed by atoms with van der Waals surface area (Å²) in [6, 6.07) is 0. The average Bonchev–Trinajstić information content (AvgIpc) is 2.03. The molecule has 0 aromatic heterocycles. The molecule has 3 nitrogen and oxygen atoms in total. The predicted octanol–water partition coefficient (Wildman–Crippen LogP) is 0.873. The summed E-state index contributed by atoms with van der Waals surface area (Å²) < 4.78 is 0. The minimum Gasteiger partial charge on any atom is -0.395 e. The van der Waals surface area contributed by atoms with Crippen LogP contribution >= 0.6 is 0 Å². The Morgan fingerprint density at radius 2 is 2.00 bits per heavy atom. The molecular formula is C9H19NO2. The van der Waals surface area contributed by atoms with E-state index >= 15 is 0 Å². The maximum atomic E-state index is 11.4. The fraction of sp³-hybridized carbons (Fsp3) is 0.889. The fourth-order valence-corrected chi connectivity index (χ4v) is 1.09. The van der Waals surface area contributed by atoms with Gasteiger partial charge in [-0.05, 0) is 6.42 Å². The van der Waals surface area contributed by atoms with Crippen molar-refractivity contribution in [2.75, 3.05) is 19.7 Å². The van der Waals surface area contributed by atoms with Gasteiger partial charge in [-0.2, -0.15) is 0 Å². The van der Waals surface area contributed by atoms with Crippen molar-refractivity contribution in [2.24, 2.45) is 5.92 Å². The zero-order valence-electron chi connectivity index (χ0n) is 8.21. The highest BCUT2D eigenvalue weighted by atomic mass is 16.3. The second-order valence-corrected chi connectivity index (χ2v) is 3.20. The zero-order chi connectivity index (χ0) is 9.56. The van der Waals surface area contributed by atoms with Crippen LogP contribution in [0.5, 0.6) is 0 Å². The van der Waals surface area contributed by atoms with Gasteiger partial charge in [-0.3, -0.25) is 4.79 Å². The first-order valence-corrected chi connectivity index (χ1v) is 4.53. The Bertz CT molecular complexity index is 128. The van der Waals surface area contributed by atoms with E-state index in [1.54, 1.807) is 4.90 Å². The van der Waals surface area contributed by atoms with E-state index < -0.39 is 0 Å². The maximum absolute atomic E-state index is 11.4. The van der Waals surface area contributed by atoms with E-state index in [1.165, 1.54) is 0 Å². The molecule has 0 rings (SSSR count). The minimum absolute atomic E-state index is 0.0306. The van der Waals surface area contributed by atoms with E-state index in [1.807, 2.05) is 20.8 Å². The number of carbonyl (C=O) groups excluding carboxylic acids is 1. The summed E-state index contributed by atoms with van der Waals surface area (Å²) in [7, 11) is 0. The van der Waals surface area contributed by atoms with Gasteiger partial charge >= 0.3 is 0 Å². The van der Waals surface area contributed by atoms with Gasteiger partial charge in [-0.15, -0.1) is 0 Å². The van der Waals surface area contributed by atoms with Crippen LogP contribution in [0.1, 0.15) is 27.2 Å². The number of amides is 1. The van der Waals surface area contributed by atoms with Gasteiger partial charge in [0.15, 0.2) is 0 Å². The van der Waals surface area contributed by atoms with Crippen LogP contribution in [0.15, 0.2) is 0 Å². The number of aliphatic hydroxyl groups excluding tert-OH is 1. The molecular weight excluding hydrogens is 154 g/mol. The average molecular weight is 173 g/mol. The second-order valence-electron chi connectivity index (χ2n) is 3.20. The Balaban J connectivity index is 3.99. The molecule has 0 aliphatic heterocycles. The maximum Gasteiger partial charge on any atom is 0.225 e. The lowest BCUT2D eigenvalue weighted by molar-refractivity contribution is -0.135. The summed E-state index contributed by atoms with van der Waals surface area (Å²) in [5.41, 5.74) is 0. The van der Waals surface area contributed by atoms with Crippen LogP contribution < -0.4 is 0 Å². The third kappa shape index (κ3) is 3.72. The van der Waals surface area contributed by atoms with Crippen molar-refractivity contribution >= 4 is 5.91 Å². The first-order chi connectivity index (χ1) is 5.63. The molecule has 0 radical (unpaired) electrons. The first kappa shape index (κ1) is 11.4. The third-order valence-electron chi connectivity index (χ3n) is 1.67. The largest absolute Gasteiger partial charge is 0.395 e. The van der Waals surface area contributed by atoms with Gasteiger partial charge in [-0.1, -0.05) is 20.8 Å². The molecule has 3 heteroatoms. The summed E-state index contributed by atoms with van der Waals surface area (Å²) in [5, 5.41) is 8.70. The molecule has 0 saturated heterocycles. The van der Waals surface area contributed by atoms with Gasteiger partial charge in [0.05, 0.1) is 6.61 Å². The highest BCUT2D eigenvalue weighted by Gasteiger charge is 2.14. The van der Waals surface area contributed by atoms with Crippen LogP contribution in [0.25, 0.3) is 0 Å². The standard InChI is InChI=1S/C9H19NO2/c1-4-5-10(6-7-11)9(12)8(2)3/h8,11H,4-7H2,1-3H3. The molecule has 0 spiro atoms. The van der Waals surface area contributed by atoms with Crippen LogP contribution in [0.4, 0.5) is 0 Å². The fourth-order valence-electron chi connectivity index (χ4n) is 1.09. The van der Waals surface area contributed by atoms with E-state index in [4.69, 9.17) is 5.11 Å². The topological polar surface area (TPSA) is 40.5 Å². The van der Waals surface area contributed by atoms with Crippen molar-refractivity contribution < 1.29 is 9.90 Å². The highest BCUT2D eigenvalue weighted by molar-refractivity contribution is 5.78. The smallest absolute Gasteiger partial charge is 0.225 e. The van der Waals surface area contributed by atoms with Crippen molar-refractivity contribution in [2.45, 2.75) is 27.2 Å². The van der Waals surface area contributed by atoms with Gasteiger partial charge in [0.25, 0.3) is 0 Å². The lowest BCUT2D eigenvalue weighted by atomic mass is 10.2. The number of hydrogen-bond donors (Lipinski definition) is 1. The number of rotatable bonds is 5. The Labute approximate surface area is 74.4 Å². The Morgan fingerprint density at radius 3 is 2.33 bits per heavy atom. The summed E-state index contributed by atoms with van der Waals surface area (Å²) in [6.45, 7) is 7.05. The first-order valence-electron chi connectivity index (χ1n) is 4.53. The minimum atomic E-state index is 0.0306. The molecule has 0 saturated carbocycles. The van der Waals surface area contributed by atoms with Crippen molar-refractivity contribution in [1.82, 2.24) is 4.90 Å². The van der Waals surface area contributed by atoms with Crippen LogP contribution in [0.3, 0.4) is 0 Å². The molecule has 0 aliphatic rings. The number of carbonyl (C=O) groups is 1. The molecule has 1 amide bonds. The van der Waals surface area contributed by atoms with Crippen molar-refractivity contribution in [3.8, 4) is 0 Å². The Morgan fingerprint density at radius 1 is 1.42 bits per heavy atom. The van der Waals surface area contributed by atoms with Crippen molar-refractivity contribution in [3.63, 3.8) is 0 Å². The lowest BCUT2D eigenvalue weighted by Crippen LogP contribution is -2.36. The molecule has 1 N–H and O–H groups in total. The summed E-state index contributed by atoms with van der Waals surface area (Å²) in [6.07, 6.45) is 0.943. The van der Waals surface area contributed by atoms with Crippen LogP contribution in [0, 0.1) is 5.92 Å². The molecule has 12 heavy (non-hydrogen) atoms. The summed E-state index contributed by atoms with van der Waals surface area (Å²) >= 11 is 0. The van der Waals surface area contributed by atoms with E-state index in [0.29, 0.717) is 6.54 Å². The van der Waals surface area contributed by atoms with Gasteiger partial charge < -0.3 is 10.0 Å². The molecule has 0 heterocycles. The van der Waals surface area contributed by atoms with Gasteiger partial charge in [0.1, 0.15) is 0 Å². The second kappa shape index (κ2) is 6.00. The molecule has 0 atom stereocenters. The normalized spacial score (nSPS) is 10.4. The van der Waals surface area contributed by atoms with Crippen molar-refractivity contribution in [1.29, 1.82) is 0 Å². The molecule has 0 fully saturated rings. The number of aliphatic hydroxyl groups is 1. The number of nitrogens with zero attached hydrogens (tertiary/aromatic N) is 1. The highest BCUT2D eigenvalue weighted by Crippen LogP contribution is 2.01. The predicted molar refractivity (Wildman–Crippen MR) is 48.8 cm³/mol. The van der Waals surface area contributed by atoms with E-state index in [2.05, 4.69) is 0 Å².